The Morgan fingerprint density at radius 3 is 2.33 bits per heavy atom. The lowest BCUT2D eigenvalue weighted by Crippen LogP contribution is -2.26. The molecule has 96 valence electrons. The highest BCUT2D eigenvalue weighted by Gasteiger charge is 2.41. The van der Waals surface area contributed by atoms with Gasteiger partial charge < -0.3 is 11.5 Å². The Hall–Kier alpha value is -1.98. The van der Waals surface area contributed by atoms with Crippen LogP contribution in [-0.2, 0) is 0 Å². The fraction of sp³-hybridized carbons (Fsp3) is 0.167. The summed E-state index contributed by atoms with van der Waals surface area (Å²) in [5.74, 6) is -5.76. The number of halogens is 4. The third-order valence-corrected chi connectivity index (χ3v) is 2.61. The normalized spacial score (nSPS) is 18.8. The molecule has 1 aliphatic rings. The number of alkyl halides is 2. The first-order chi connectivity index (χ1) is 8.31. The smallest absolute Gasteiger partial charge is 0.282 e. The van der Waals surface area contributed by atoms with Crippen LogP contribution in [0.4, 0.5) is 23.2 Å². The van der Waals surface area contributed by atoms with E-state index in [1.807, 2.05) is 0 Å². The van der Waals surface area contributed by atoms with Crippen molar-refractivity contribution in [2.75, 3.05) is 5.73 Å². The third-order valence-electron chi connectivity index (χ3n) is 2.61. The van der Waals surface area contributed by atoms with Crippen LogP contribution in [-0.4, -0.2) is 5.92 Å². The van der Waals surface area contributed by atoms with E-state index in [4.69, 9.17) is 11.5 Å². The minimum absolute atomic E-state index is 0.0754. The highest BCUT2D eigenvalue weighted by Crippen LogP contribution is 2.43. The number of rotatable bonds is 1. The molecule has 0 bridgehead atoms. The fourth-order valence-corrected chi connectivity index (χ4v) is 1.87. The van der Waals surface area contributed by atoms with Gasteiger partial charge >= 0.3 is 0 Å². The van der Waals surface area contributed by atoms with Crippen molar-refractivity contribution in [2.24, 2.45) is 5.73 Å². The lowest BCUT2D eigenvalue weighted by atomic mass is 9.91. The van der Waals surface area contributed by atoms with E-state index in [2.05, 4.69) is 0 Å². The number of nitrogen functional groups attached to an aromatic ring is 1. The van der Waals surface area contributed by atoms with Crippen molar-refractivity contribution in [3.05, 3.63) is 47.2 Å². The van der Waals surface area contributed by atoms with Crippen molar-refractivity contribution in [1.82, 2.24) is 0 Å². The van der Waals surface area contributed by atoms with Gasteiger partial charge in [0.1, 0.15) is 11.6 Å². The Bertz CT molecular complexity index is 561. The summed E-state index contributed by atoms with van der Waals surface area (Å²) in [7, 11) is 0. The zero-order valence-electron chi connectivity index (χ0n) is 9.18. The van der Waals surface area contributed by atoms with Gasteiger partial charge in [0.2, 0.25) is 0 Å². The van der Waals surface area contributed by atoms with Gasteiger partial charge in [0.25, 0.3) is 5.92 Å². The first kappa shape index (κ1) is 12.5. The standard InChI is InChI=1S/C12H10F4N2/c13-9-3-6(17)1-2-8(9)11-10(14)4-7(18)5-12(11,15)16/h1-4H,5,17-18H2. The maximum absolute atomic E-state index is 13.7. The molecule has 1 aromatic rings. The second kappa shape index (κ2) is 4.04. The molecule has 0 unspecified atom stereocenters. The molecular formula is C12H10F4N2. The summed E-state index contributed by atoms with van der Waals surface area (Å²) in [6.45, 7) is 0. The molecule has 2 nitrogen and oxygen atoms in total. The van der Waals surface area contributed by atoms with E-state index in [9.17, 15) is 17.6 Å². The van der Waals surface area contributed by atoms with Crippen molar-refractivity contribution in [2.45, 2.75) is 12.3 Å². The van der Waals surface area contributed by atoms with Gasteiger partial charge in [-0.3, -0.25) is 0 Å². The van der Waals surface area contributed by atoms with E-state index in [-0.39, 0.29) is 11.4 Å². The van der Waals surface area contributed by atoms with Crippen LogP contribution in [0.2, 0.25) is 0 Å². The van der Waals surface area contributed by atoms with Crippen LogP contribution in [0, 0.1) is 5.82 Å². The minimum atomic E-state index is -3.54. The lowest BCUT2D eigenvalue weighted by Gasteiger charge is -2.24. The highest BCUT2D eigenvalue weighted by molar-refractivity contribution is 5.77. The maximum atomic E-state index is 13.7. The van der Waals surface area contributed by atoms with Gasteiger partial charge in [0.05, 0.1) is 12.0 Å². The molecule has 6 heteroatoms. The quantitative estimate of drug-likeness (QED) is 0.601. The van der Waals surface area contributed by atoms with Crippen LogP contribution in [0.5, 0.6) is 0 Å². The first-order valence-electron chi connectivity index (χ1n) is 5.11. The summed E-state index contributed by atoms with van der Waals surface area (Å²) < 4.78 is 54.6. The average Bonchev–Trinajstić information content (AvgIpc) is 2.18. The summed E-state index contributed by atoms with van der Waals surface area (Å²) in [5, 5.41) is 0. The van der Waals surface area contributed by atoms with Crippen LogP contribution in [0.1, 0.15) is 12.0 Å². The molecule has 1 aromatic carbocycles. The van der Waals surface area contributed by atoms with Gasteiger partial charge in [-0.15, -0.1) is 0 Å². The van der Waals surface area contributed by atoms with Crippen molar-refractivity contribution >= 4 is 11.3 Å². The molecule has 0 saturated heterocycles. The molecule has 4 N–H and O–H groups in total. The molecule has 0 radical (unpaired) electrons. The Labute approximate surface area is 101 Å². The summed E-state index contributed by atoms with van der Waals surface area (Å²) in [6.07, 6.45) is -0.0535. The second-order valence-corrected chi connectivity index (χ2v) is 4.06. The molecule has 0 spiro atoms. The van der Waals surface area contributed by atoms with Gasteiger partial charge in [0.15, 0.2) is 0 Å². The molecular weight excluding hydrogens is 248 g/mol. The van der Waals surface area contributed by atoms with Crippen molar-refractivity contribution in [3.8, 4) is 0 Å². The highest BCUT2D eigenvalue weighted by atomic mass is 19.3. The van der Waals surface area contributed by atoms with Crippen LogP contribution in [0.15, 0.2) is 35.8 Å². The molecule has 0 fully saturated rings. The molecule has 18 heavy (non-hydrogen) atoms. The van der Waals surface area contributed by atoms with Gasteiger partial charge in [-0.25, -0.2) is 17.6 Å². The number of allylic oxidation sites excluding steroid dienone is 4. The molecule has 0 aliphatic heterocycles. The topological polar surface area (TPSA) is 52.0 Å². The van der Waals surface area contributed by atoms with E-state index in [0.29, 0.717) is 0 Å². The summed E-state index contributed by atoms with van der Waals surface area (Å²) in [4.78, 5) is 0. The second-order valence-electron chi connectivity index (χ2n) is 4.06. The molecule has 1 aliphatic carbocycles. The maximum Gasteiger partial charge on any atom is 0.282 e. The van der Waals surface area contributed by atoms with E-state index in [1.165, 1.54) is 6.07 Å². The van der Waals surface area contributed by atoms with Crippen molar-refractivity contribution in [3.63, 3.8) is 0 Å². The number of nitrogens with two attached hydrogens (primary N) is 2. The van der Waals surface area contributed by atoms with E-state index < -0.39 is 35.1 Å². The predicted octanol–water partition coefficient (Wildman–Crippen LogP) is 2.97. The zero-order chi connectivity index (χ0) is 13.5. The number of anilines is 1. The van der Waals surface area contributed by atoms with E-state index >= 15 is 0 Å². The third kappa shape index (κ3) is 2.05. The largest absolute Gasteiger partial charge is 0.402 e. The average molecular weight is 258 g/mol. The lowest BCUT2D eigenvalue weighted by molar-refractivity contribution is 0.0633. The van der Waals surface area contributed by atoms with Crippen LogP contribution in [0.3, 0.4) is 0 Å². The van der Waals surface area contributed by atoms with Crippen LogP contribution < -0.4 is 11.5 Å². The molecule has 0 amide bonds. The fourth-order valence-electron chi connectivity index (χ4n) is 1.87. The van der Waals surface area contributed by atoms with Crippen LogP contribution in [0.25, 0.3) is 5.57 Å². The van der Waals surface area contributed by atoms with E-state index in [1.54, 1.807) is 0 Å². The molecule has 0 saturated carbocycles. The minimum Gasteiger partial charge on any atom is -0.402 e. The van der Waals surface area contributed by atoms with Crippen LogP contribution >= 0.6 is 0 Å². The Morgan fingerprint density at radius 1 is 1.11 bits per heavy atom. The number of hydrogen-bond acceptors (Lipinski definition) is 2. The SMILES string of the molecule is NC1=CC(F)=C(c2ccc(N)cc2F)C(F)(F)C1. The van der Waals surface area contributed by atoms with Gasteiger partial charge in [-0.2, -0.15) is 0 Å². The summed E-state index contributed by atoms with van der Waals surface area (Å²) in [6, 6.07) is 3.13. The van der Waals surface area contributed by atoms with Crippen molar-refractivity contribution < 1.29 is 17.6 Å². The molecule has 0 atom stereocenters. The molecule has 2 rings (SSSR count). The number of hydrogen-bond donors (Lipinski definition) is 2. The monoisotopic (exact) mass is 258 g/mol. The first-order valence-corrected chi connectivity index (χ1v) is 5.11. The van der Waals surface area contributed by atoms with Gasteiger partial charge in [-0.05, 0) is 24.3 Å². The van der Waals surface area contributed by atoms with Gasteiger partial charge in [0, 0.05) is 16.9 Å². The summed E-state index contributed by atoms with van der Waals surface area (Å²) in [5.41, 5.74) is 8.81. The molecule has 0 heterocycles. The zero-order valence-corrected chi connectivity index (χ0v) is 9.18. The Morgan fingerprint density at radius 2 is 1.78 bits per heavy atom. The summed E-state index contributed by atoms with van der Waals surface area (Å²) >= 11 is 0. The molecule has 0 aromatic heterocycles. The van der Waals surface area contributed by atoms with E-state index in [0.717, 1.165) is 18.2 Å². The Kier molecular flexibility index (Phi) is 2.80. The number of benzene rings is 1. The Balaban J connectivity index is 2.64. The predicted molar refractivity (Wildman–Crippen MR) is 60.7 cm³/mol. The van der Waals surface area contributed by atoms with Gasteiger partial charge in [-0.1, -0.05) is 0 Å². The van der Waals surface area contributed by atoms with Crippen molar-refractivity contribution in [1.29, 1.82) is 0 Å².